The van der Waals surface area contributed by atoms with Crippen molar-refractivity contribution >= 4 is 0 Å². The van der Waals surface area contributed by atoms with Gasteiger partial charge in [0, 0.05) is 20.1 Å². The van der Waals surface area contributed by atoms with Crippen LogP contribution in [-0.4, -0.2) is 24.2 Å². The van der Waals surface area contributed by atoms with Gasteiger partial charge in [0.15, 0.2) is 0 Å². The van der Waals surface area contributed by atoms with Crippen molar-refractivity contribution in [3.8, 4) is 0 Å². The molecular weight excluding hydrogens is 448 g/mol. The van der Waals surface area contributed by atoms with Crippen LogP contribution in [0.5, 0.6) is 0 Å². The van der Waals surface area contributed by atoms with E-state index in [0.29, 0.717) is 12.1 Å². The summed E-state index contributed by atoms with van der Waals surface area (Å²) in [5.41, 5.74) is 0. The van der Waals surface area contributed by atoms with Crippen molar-refractivity contribution in [3.63, 3.8) is 0 Å². The van der Waals surface area contributed by atoms with Crippen molar-refractivity contribution in [2.75, 3.05) is 0 Å². The van der Waals surface area contributed by atoms with Crippen LogP contribution < -0.4 is 0 Å². The zero-order chi connectivity index (χ0) is 13.8. The fraction of sp³-hybridized carbons (Fsp3) is 1.00. The van der Waals surface area contributed by atoms with Gasteiger partial charge in [0.2, 0.25) is 0 Å². The first kappa shape index (κ1) is 16.1. The summed E-state index contributed by atoms with van der Waals surface area (Å²) < 4.78 is 0. The van der Waals surface area contributed by atoms with Crippen LogP contribution in [0.2, 0.25) is 0 Å². The standard InChI is InChI=1S/C19H30N2.Ir/c1-3-7-16-12(5-1)9-14-11-15-10-13-6-2-4-8-17(13)21-19(15)18(14)20-16;/h12-19H,1-11H2;/q-2;. The third-order valence-corrected chi connectivity index (χ3v) is 7.60. The van der Waals surface area contributed by atoms with Gasteiger partial charge >= 0.3 is 0 Å². The fourth-order valence-electron chi connectivity index (χ4n) is 6.66. The molecule has 22 heavy (non-hydrogen) atoms. The number of fused-ring (bicyclic) bond motifs is 5. The number of hydrogen-bond acceptors (Lipinski definition) is 0. The molecule has 5 fully saturated rings. The third-order valence-electron chi connectivity index (χ3n) is 7.60. The van der Waals surface area contributed by atoms with Gasteiger partial charge in [-0.05, 0) is 0 Å². The normalized spacial score (nSPS) is 53.5. The fourth-order valence-corrected chi connectivity index (χ4v) is 6.66. The van der Waals surface area contributed by atoms with Crippen molar-refractivity contribution in [1.29, 1.82) is 0 Å². The molecule has 8 atom stereocenters. The quantitative estimate of drug-likeness (QED) is 0.467. The van der Waals surface area contributed by atoms with Gasteiger partial charge in [-0.1, -0.05) is 94.3 Å². The number of hydrogen-bond donors (Lipinski definition) is 0. The van der Waals surface area contributed by atoms with Crippen LogP contribution in [0.15, 0.2) is 0 Å². The molecule has 2 saturated heterocycles. The average Bonchev–Trinajstić information content (AvgIpc) is 2.87. The van der Waals surface area contributed by atoms with E-state index < -0.39 is 0 Å². The second kappa shape index (κ2) is 6.47. The Hall–Kier alpha value is 0.569. The van der Waals surface area contributed by atoms with Gasteiger partial charge in [0.05, 0.1) is 0 Å². The minimum Gasteiger partial charge on any atom is -0.657 e. The van der Waals surface area contributed by atoms with Crippen LogP contribution in [0.3, 0.4) is 0 Å². The Balaban J connectivity index is 0.00000125. The molecule has 3 aliphatic carbocycles. The molecule has 1 radical (unpaired) electrons. The van der Waals surface area contributed by atoms with Crippen LogP contribution >= 0.6 is 0 Å². The van der Waals surface area contributed by atoms with Gasteiger partial charge in [-0.15, -0.1) is 24.2 Å². The molecular formula is C19H30IrN2-2. The Bertz CT molecular complexity index is 365. The first-order chi connectivity index (χ1) is 10.4. The molecule has 5 aliphatic rings. The number of rotatable bonds is 0. The molecule has 2 nitrogen and oxygen atoms in total. The van der Waals surface area contributed by atoms with Gasteiger partial charge in [-0.2, -0.15) is 0 Å². The van der Waals surface area contributed by atoms with Gasteiger partial charge in [-0.3, -0.25) is 0 Å². The van der Waals surface area contributed by atoms with Crippen molar-refractivity contribution in [3.05, 3.63) is 10.6 Å². The molecule has 3 saturated carbocycles. The predicted octanol–water partition coefficient (Wildman–Crippen LogP) is 5.03. The molecule has 2 heterocycles. The Labute approximate surface area is 149 Å². The van der Waals surface area contributed by atoms with Crippen LogP contribution in [0, 0.1) is 23.7 Å². The molecule has 0 bridgehead atoms. The Kier molecular flexibility index (Phi) is 4.72. The maximum atomic E-state index is 5.39. The third kappa shape index (κ3) is 2.65. The molecule has 8 unspecified atom stereocenters. The van der Waals surface area contributed by atoms with Crippen LogP contribution in [0.4, 0.5) is 0 Å². The van der Waals surface area contributed by atoms with E-state index in [0.717, 1.165) is 35.8 Å². The smallest absolute Gasteiger partial charge is 0 e. The minimum absolute atomic E-state index is 0. The monoisotopic (exact) mass is 479 g/mol. The summed E-state index contributed by atoms with van der Waals surface area (Å²) in [6, 6.07) is 2.71. The van der Waals surface area contributed by atoms with Crippen LogP contribution in [0.1, 0.15) is 70.6 Å². The van der Waals surface area contributed by atoms with Gasteiger partial charge in [-0.25, -0.2) is 0 Å². The maximum absolute atomic E-state index is 5.39. The van der Waals surface area contributed by atoms with E-state index in [1.807, 2.05) is 0 Å². The zero-order valence-corrected chi connectivity index (χ0v) is 16.0. The van der Waals surface area contributed by atoms with E-state index in [1.54, 1.807) is 0 Å². The summed E-state index contributed by atoms with van der Waals surface area (Å²) in [6.45, 7) is 0. The van der Waals surface area contributed by atoms with Gasteiger partial charge < -0.3 is 10.6 Å². The summed E-state index contributed by atoms with van der Waals surface area (Å²) in [5.74, 6) is 3.70. The van der Waals surface area contributed by atoms with Crippen molar-refractivity contribution in [2.24, 2.45) is 23.7 Å². The molecule has 0 aromatic heterocycles. The molecule has 3 heteroatoms. The van der Waals surface area contributed by atoms with E-state index in [2.05, 4.69) is 0 Å². The van der Waals surface area contributed by atoms with Crippen LogP contribution in [-0.2, 0) is 20.1 Å². The summed E-state index contributed by atoms with van der Waals surface area (Å²) in [7, 11) is 0. The van der Waals surface area contributed by atoms with E-state index in [-0.39, 0.29) is 20.1 Å². The van der Waals surface area contributed by atoms with E-state index in [9.17, 15) is 0 Å². The minimum atomic E-state index is 0. The van der Waals surface area contributed by atoms with Crippen LogP contribution in [0.25, 0.3) is 10.6 Å². The molecule has 127 valence electrons. The second-order valence-corrected chi connectivity index (χ2v) is 8.73. The first-order valence-electron chi connectivity index (χ1n) is 9.78. The Morgan fingerprint density at radius 3 is 1.41 bits per heavy atom. The predicted molar refractivity (Wildman–Crippen MR) is 86.6 cm³/mol. The van der Waals surface area contributed by atoms with Crippen molar-refractivity contribution < 1.29 is 20.1 Å². The number of nitrogens with zero attached hydrogens (tertiary/aromatic N) is 2. The molecule has 2 aliphatic heterocycles. The Morgan fingerprint density at radius 2 is 0.909 bits per heavy atom. The van der Waals surface area contributed by atoms with Gasteiger partial charge in [0.1, 0.15) is 0 Å². The molecule has 0 aromatic carbocycles. The topological polar surface area (TPSA) is 28.2 Å². The maximum Gasteiger partial charge on any atom is 0 e. The largest absolute Gasteiger partial charge is 0.657 e. The molecule has 0 amide bonds. The second-order valence-electron chi connectivity index (χ2n) is 8.73. The molecule has 0 spiro atoms. The van der Waals surface area contributed by atoms with E-state index >= 15 is 0 Å². The summed E-state index contributed by atoms with van der Waals surface area (Å²) in [6.07, 6.45) is 16.0. The zero-order valence-electron chi connectivity index (χ0n) is 13.6. The summed E-state index contributed by atoms with van der Waals surface area (Å²) >= 11 is 0. The van der Waals surface area contributed by atoms with Crippen molar-refractivity contribution in [1.82, 2.24) is 0 Å². The Morgan fingerprint density at radius 1 is 0.500 bits per heavy atom. The van der Waals surface area contributed by atoms with Gasteiger partial charge in [0.25, 0.3) is 0 Å². The first-order valence-corrected chi connectivity index (χ1v) is 9.78. The van der Waals surface area contributed by atoms with E-state index in [4.69, 9.17) is 10.6 Å². The molecule has 0 aromatic rings. The van der Waals surface area contributed by atoms with Crippen molar-refractivity contribution in [2.45, 2.75) is 94.8 Å². The SMILES string of the molecule is C1CCC2[N-]C3C(CC2C1)CC1CC2CCCCC2[N-]C13.[Ir]. The average molecular weight is 479 g/mol. The van der Waals surface area contributed by atoms with E-state index in [1.165, 1.54) is 70.6 Å². The summed E-state index contributed by atoms with van der Waals surface area (Å²) in [4.78, 5) is 0. The summed E-state index contributed by atoms with van der Waals surface area (Å²) in [5, 5.41) is 10.8. The molecule has 5 rings (SSSR count). The number of piperidine rings is 2. The molecule has 0 N–H and O–H groups in total.